The van der Waals surface area contributed by atoms with Crippen LogP contribution in [0, 0.1) is 0 Å². The standard InChI is InChI=1S/C26H38F6N2O8/c1-5-9-39-21-15(3)41-19(13-17(21)33-23(35)25(27,28)29)37-11-7-8-12-38-20-14-18(34-24(36)26(30,31)32)22(16(4)42-20)40-10-6-2/h5-6,15-22H,1-2,7-14H2,3-4H3,(H,33,35)(H,34,36)/t15-,16-,17+,18+,19+,20+,21-,22-/m0/s1. The maximum atomic E-state index is 12.8. The minimum absolute atomic E-state index is 0.0454. The van der Waals surface area contributed by atoms with Crippen molar-refractivity contribution in [1.29, 1.82) is 0 Å². The Morgan fingerprint density at radius 1 is 0.738 bits per heavy atom. The molecule has 0 radical (unpaired) electrons. The van der Waals surface area contributed by atoms with Crippen molar-refractivity contribution in [3.63, 3.8) is 0 Å². The summed E-state index contributed by atoms with van der Waals surface area (Å²) >= 11 is 0. The quantitative estimate of drug-likeness (QED) is 0.163. The number of rotatable bonds is 15. The molecule has 0 bridgehead atoms. The second-order valence-electron chi connectivity index (χ2n) is 9.79. The number of ether oxygens (including phenoxy) is 6. The molecular formula is C26H38F6N2O8. The summed E-state index contributed by atoms with van der Waals surface area (Å²) in [6, 6.07) is -2.04. The number of amides is 2. The highest BCUT2D eigenvalue weighted by molar-refractivity contribution is 5.82. The molecule has 2 heterocycles. The van der Waals surface area contributed by atoms with Crippen molar-refractivity contribution in [1.82, 2.24) is 10.6 Å². The van der Waals surface area contributed by atoms with Crippen molar-refractivity contribution in [3.05, 3.63) is 25.3 Å². The Hall–Kier alpha value is -2.24. The summed E-state index contributed by atoms with van der Waals surface area (Å²) in [4.78, 5) is 23.1. The molecule has 242 valence electrons. The smallest absolute Gasteiger partial charge is 0.369 e. The Morgan fingerprint density at radius 2 is 1.10 bits per heavy atom. The van der Waals surface area contributed by atoms with Gasteiger partial charge in [-0.1, -0.05) is 12.2 Å². The van der Waals surface area contributed by atoms with Crippen LogP contribution in [0.1, 0.15) is 39.5 Å². The predicted molar refractivity (Wildman–Crippen MR) is 135 cm³/mol. The first-order valence-electron chi connectivity index (χ1n) is 13.4. The molecule has 16 heteroatoms. The van der Waals surface area contributed by atoms with Gasteiger partial charge in [-0.05, 0) is 26.7 Å². The number of alkyl halides is 6. The largest absolute Gasteiger partial charge is 0.471 e. The van der Waals surface area contributed by atoms with Gasteiger partial charge >= 0.3 is 24.2 Å². The van der Waals surface area contributed by atoms with E-state index in [1.165, 1.54) is 12.2 Å². The third-order valence-electron chi connectivity index (χ3n) is 6.45. The summed E-state index contributed by atoms with van der Waals surface area (Å²) in [5, 5.41) is 3.89. The molecule has 42 heavy (non-hydrogen) atoms. The first kappa shape index (κ1) is 36.0. The topological polar surface area (TPSA) is 114 Å². The first-order valence-corrected chi connectivity index (χ1v) is 13.4. The third-order valence-corrected chi connectivity index (χ3v) is 6.45. The van der Waals surface area contributed by atoms with E-state index in [0.29, 0.717) is 12.8 Å². The number of hydrogen-bond donors (Lipinski definition) is 2. The lowest BCUT2D eigenvalue weighted by atomic mass is 9.99. The highest BCUT2D eigenvalue weighted by atomic mass is 19.4. The van der Waals surface area contributed by atoms with Gasteiger partial charge in [0.25, 0.3) is 0 Å². The van der Waals surface area contributed by atoms with Crippen molar-refractivity contribution in [2.45, 2.75) is 101 Å². The molecule has 0 saturated carbocycles. The Morgan fingerprint density at radius 3 is 1.40 bits per heavy atom. The van der Waals surface area contributed by atoms with Gasteiger partial charge in [0, 0.05) is 26.1 Å². The SMILES string of the molecule is C=CCO[C@H]1[C@H](C)O[C@@H](OCCCCO[C@H]2C[C@@H](NC(=O)C(F)(F)F)[C@@H](OCC=C)[C@H](C)O2)C[C@H]1NC(=O)C(F)(F)F. The molecule has 2 saturated heterocycles. The summed E-state index contributed by atoms with van der Waals surface area (Å²) in [5.41, 5.74) is 0. The molecule has 2 rings (SSSR count). The number of unbranched alkanes of at least 4 members (excludes halogenated alkanes) is 1. The van der Waals surface area contributed by atoms with Gasteiger partial charge in [-0.3, -0.25) is 9.59 Å². The highest BCUT2D eigenvalue weighted by Crippen LogP contribution is 2.27. The van der Waals surface area contributed by atoms with Crippen LogP contribution in [0.3, 0.4) is 0 Å². The van der Waals surface area contributed by atoms with Gasteiger partial charge < -0.3 is 39.1 Å². The van der Waals surface area contributed by atoms with E-state index >= 15 is 0 Å². The number of hydrogen-bond acceptors (Lipinski definition) is 8. The van der Waals surface area contributed by atoms with Gasteiger partial charge in [0.15, 0.2) is 12.6 Å². The highest BCUT2D eigenvalue weighted by Gasteiger charge is 2.46. The van der Waals surface area contributed by atoms with E-state index in [1.54, 1.807) is 13.8 Å². The van der Waals surface area contributed by atoms with Crippen LogP contribution >= 0.6 is 0 Å². The molecule has 10 nitrogen and oxygen atoms in total. The molecule has 2 aliphatic rings. The van der Waals surface area contributed by atoms with Gasteiger partial charge in [0.2, 0.25) is 0 Å². The predicted octanol–water partition coefficient (Wildman–Crippen LogP) is 3.31. The third kappa shape index (κ3) is 11.4. The van der Waals surface area contributed by atoms with E-state index < -0.39 is 73.2 Å². The Balaban J connectivity index is 1.82. The van der Waals surface area contributed by atoms with E-state index in [-0.39, 0.29) is 39.3 Å². The Labute approximate surface area is 240 Å². The zero-order valence-electron chi connectivity index (χ0n) is 23.4. The monoisotopic (exact) mass is 620 g/mol. The lowest BCUT2D eigenvalue weighted by molar-refractivity contribution is -0.238. The fraction of sp³-hybridized carbons (Fsp3) is 0.769. The van der Waals surface area contributed by atoms with Crippen molar-refractivity contribution >= 4 is 11.8 Å². The van der Waals surface area contributed by atoms with Crippen LogP contribution in [-0.4, -0.2) is 99.7 Å². The van der Waals surface area contributed by atoms with Gasteiger partial charge in [-0.25, -0.2) is 0 Å². The maximum absolute atomic E-state index is 12.8. The van der Waals surface area contributed by atoms with Crippen molar-refractivity contribution in [3.8, 4) is 0 Å². The number of halogens is 6. The molecule has 2 aliphatic heterocycles. The molecule has 2 N–H and O–H groups in total. The minimum Gasteiger partial charge on any atom is -0.369 e. The van der Waals surface area contributed by atoms with E-state index in [9.17, 15) is 35.9 Å². The van der Waals surface area contributed by atoms with Gasteiger partial charge in [0.1, 0.15) is 12.2 Å². The molecule has 2 fully saturated rings. The van der Waals surface area contributed by atoms with Crippen LogP contribution in [0.15, 0.2) is 25.3 Å². The second-order valence-corrected chi connectivity index (χ2v) is 9.79. The molecule has 8 atom stereocenters. The van der Waals surface area contributed by atoms with E-state index in [2.05, 4.69) is 13.2 Å². The van der Waals surface area contributed by atoms with Crippen LogP contribution < -0.4 is 10.6 Å². The molecule has 0 aromatic rings. The van der Waals surface area contributed by atoms with Gasteiger partial charge in [-0.2, -0.15) is 26.3 Å². The Bertz CT molecular complexity index is 820. The van der Waals surface area contributed by atoms with Crippen molar-refractivity contribution < 1.29 is 64.4 Å². The number of carbonyl (C=O) groups excluding carboxylic acids is 2. The van der Waals surface area contributed by atoms with Crippen LogP contribution in [0.2, 0.25) is 0 Å². The summed E-state index contributed by atoms with van der Waals surface area (Å²) in [6.07, 6.45) is -11.5. The fourth-order valence-corrected chi connectivity index (χ4v) is 4.57. The van der Waals surface area contributed by atoms with Crippen LogP contribution in [0.25, 0.3) is 0 Å². The van der Waals surface area contributed by atoms with Crippen LogP contribution in [0.5, 0.6) is 0 Å². The Kier molecular flexibility index (Phi) is 14.2. The lowest BCUT2D eigenvalue weighted by Gasteiger charge is -2.40. The first-order chi connectivity index (χ1) is 19.7. The minimum atomic E-state index is -5.07. The van der Waals surface area contributed by atoms with Gasteiger partial charge in [0.05, 0.1) is 37.5 Å². The molecular weight excluding hydrogens is 582 g/mol. The second kappa shape index (κ2) is 16.6. The van der Waals surface area contributed by atoms with E-state index in [0.717, 1.165) is 0 Å². The number of nitrogens with one attached hydrogen (secondary N) is 2. The molecule has 0 aromatic heterocycles. The average Bonchev–Trinajstić information content (AvgIpc) is 2.88. The molecule has 0 aromatic carbocycles. The zero-order valence-corrected chi connectivity index (χ0v) is 23.4. The van der Waals surface area contributed by atoms with E-state index in [1.807, 2.05) is 10.6 Å². The molecule has 0 unspecified atom stereocenters. The molecule has 2 amide bonds. The number of carbonyl (C=O) groups is 2. The molecule has 0 aliphatic carbocycles. The summed E-state index contributed by atoms with van der Waals surface area (Å²) in [7, 11) is 0. The zero-order chi connectivity index (χ0) is 31.5. The van der Waals surface area contributed by atoms with Gasteiger partial charge in [-0.15, -0.1) is 13.2 Å². The normalized spacial score (nSPS) is 30.4. The van der Waals surface area contributed by atoms with E-state index in [4.69, 9.17) is 28.4 Å². The summed E-state index contributed by atoms with van der Waals surface area (Å²) < 4.78 is 111. The maximum Gasteiger partial charge on any atom is 0.471 e. The summed E-state index contributed by atoms with van der Waals surface area (Å²) in [6.45, 7) is 10.6. The molecule has 0 spiro atoms. The van der Waals surface area contributed by atoms with Crippen molar-refractivity contribution in [2.24, 2.45) is 0 Å². The van der Waals surface area contributed by atoms with Crippen LogP contribution in [-0.2, 0) is 38.0 Å². The fourth-order valence-electron chi connectivity index (χ4n) is 4.57. The van der Waals surface area contributed by atoms with Crippen molar-refractivity contribution in [2.75, 3.05) is 26.4 Å². The average molecular weight is 621 g/mol. The summed E-state index contributed by atoms with van der Waals surface area (Å²) in [5.74, 6) is -4.19. The van der Waals surface area contributed by atoms with Crippen LogP contribution in [0.4, 0.5) is 26.3 Å². The lowest BCUT2D eigenvalue weighted by Crippen LogP contribution is -2.58.